The molecule has 0 aliphatic rings. The van der Waals surface area contributed by atoms with Crippen LogP contribution in [0.1, 0.15) is 10.4 Å². The Hall–Kier alpha value is -0.690. The average Bonchev–Trinajstić information content (AvgIpc) is 2.20. The fourth-order valence-electron chi connectivity index (χ4n) is 0.894. The molecule has 0 aliphatic carbocycles. The zero-order valence-electron chi connectivity index (χ0n) is 7.75. The predicted octanol–water partition coefficient (Wildman–Crippen LogP) is 2.06. The molecule has 5 heteroatoms. The topological polar surface area (TPSA) is 29.5 Å². The zero-order chi connectivity index (χ0) is 10.7. The molecule has 0 N–H and O–H groups in total. The molecular weight excluding hydrogens is 300 g/mol. The van der Waals surface area contributed by atoms with Crippen molar-refractivity contribution in [3.63, 3.8) is 0 Å². The minimum absolute atomic E-state index is 0.271. The fourth-order valence-corrected chi connectivity index (χ4v) is 1.23. The van der Waals surface area contributed by atoms with Crippen LogP contribution in [0.5, 0.6) is 0 Å². The van der Waals surface area contributed by atoms with E-state index >= 15 is 0 Å². The van der Waals surface area contributed by atoms with E-state index in [0.29, 0.717) is 3.57 Å². The molecule has 76 valence electrons. The molecular formula is C9H9FINO2. The number of hydrogen-bond donors (Lipinski definition) is 0. The Morgan fingerprint density at radius 2 is 2.21 bits per heavy atom. The molecule has 0 bridgehead atoms. The molecule has 1 aromatic carbocycles. The van der Waals surface area contributed by atoms with Gasteiger partial charge < -0.3 is 0 Å². The summed E-state index contributed by atoms with van der Waals surface area (Å²) in [7, 11) is 2.85. The SMILES string of the molecule is CON(C)C(=O)c1ccc(I)c(F)c1. The lowest BCUT2D eigenvalue weighted by atomic mass is 10.2. The van der Waals surface area contributed by atoms with Crippen molar-refractivity contribution in [1.29, 1.82) is 0 Å². The van der Waals surface area contributed by atoms with Crippen molar-refractivity contribution in [3.8, 4) is 0 Å². The van der Waals surface area contributed by atoms with Gasteiger partial charge in [-0.15, -0.1) is 0 Å². The highest BCUT2D eigenvalue weighted by molar-refractivity contribution is 14.1. The highest BCUT2D eigenvalue weighted by Gasteiger charge is 2.12. The van der Waals surface area contributed by atoms with Crippen LogP contribution in [0.4, 0.5) is 4.39 Å². The molecule has 3 nitrogen and oxygen atoms in total. The van der Waals surface area contributed by atoms with Crippen LogP contribution in [-0.4, -0.2) is 25.1 Å². The molecule has 1 amide bonds. The van der Waals surface area contributed by atoms with Gasteiger partial charge in [-0.3, -0.25) is 9.63 Å². The first-order chi connectivity index (χ1) is 6.56. The number of hydrogen-bond acceptors (Lipinski definition) is 2. The maximum atomic E-state index is 13.1. The van der Waals surface area contributed by atoms with Crippen molar-refractivity contribution < 1.29 is 14.0 Å². The molecule has 0 saturated heterocycles. The van der Waals surface area contributed by atoms with Crippen LogP contribution < -0.4 is 0 Å². The van der Waals surface area contributed by atoms with Gasteiger partial charge in [0.15, 0.2) is 0 Å². The number of rotatable bonds is 2. The van der Waals surface area contributed by atoms with Gasteiger partial charge in [0.2, 0.25) is 0 Å². The van der Waals surface area contributed by atoms with Crippen LogP contribution in [0.3, 0.4) is 0 Å². The van der Waals surface area contributed by atoms with Crippen LogP contribution in [0.15, 0.2) is 18.2 Å². The summed E-state index contributed by atoms with van der Waals surface area (Å²) in [5, 5.41) is 1.04. The molecule has 0 aliphatic heterocycles. The number of carbonyl (C=O) groups excluding carboxylic acids is 1. The smallest absolute Gasteiger partial charge is 0.274 e. The number of benzene rings is 1. The van der Waals surface area contributed by atoms with E-state index < -0.39 is 5.82 Å². The Kier molecular flexibility index (Phi) is 3.82. The second-order valence-corrected chi connectivity index (χ2v) is 3.78. The summed E-state index contributed by atoms with van der Waals surface area (Å²) < 4.78 is 13.6. The summed E-state index contributed by atoms with van der Waals surface area (Å²) >= 11 is 1.86. The number of hydroxylamine groups is 2. The number of nitrogens with zero attached hydrogens (tertiary/aromatic N) is 1. The monoisotopic (exact) mass is 309 g/mol. The van der Waals surface area contributed by atoms with Gasteiger partial charge in [-0.2, -0.15) is 0 Å². The molecule has 0 spiro atoms. The van der Waals surface area contributed by atoms with Gasteiger partial charge in [-0.05, 0) is 40.8 Å². The van der Waals surface area contributed by atoms with Gasteiger partial charge >= 0.3 is 0 Å². The molecule has 0 aromatic heterocycles. The van der Waals surface area contributed by atoms with E-state index in [-0.39, 0.29) is 11.5 Å². The normalized spacial score (nSPS) is 10.0. The first-order valence-electron chi connectivity index (χ1n) is 3.83. The average molecular weight is 309 g/mol. The predicted molar refractivity (Wildman–Crippen MR) is 58.2 cm³/mol. The van der Waals surface area contributed by atoms with Crippen LogP contribution in [0.2, 0.25) is 0 Å². The lowest BCUT2D eigenvalue weighted by Gasteiger charge is -2.13. The first-order valence-corrected chi connectivity index (χ1v) is 4.91. The van der Waals surface area contributed by atoms with Crippen molar-refractivity contribution in [3.05, 3.63) is 33.1 Å². The van der Waals surface area contributed by atoms with Crippen LogP contribution in [-0.2, 0) is 4.84 Å². The van der Waals surface area contributed by atoms with E-state index in [9.17, 15) is 9.18 Å². The van der Waals surface area contributed by atoms with Crippen LogP contribution >= 0.6 is 22.6 Å². The number of amides is 1. The van der Waals surface area contributed by atoms with Gasteiger partial charge in [0.1, 0.15) is 5.82 Å². The van der Waals surface area contributed by atoms with Gasteiger partial charge in [-0.25, -0.2) is 9.45 Å². The van der Waals surface area contributed by atoms with Gasteiger partial charge in [0.25, 0.3) is 5.91 Å². The summed E-state index contributed by atoms with van der Waals surface area (Å²) in [5.74, 6) is -0.774. The van der Waals surface area contributed by atoms with Crippen molar-refractivity contribution in [2.45, 2.75) is 0 Å². The molecule has 0 heterocycles. The van der Waals surface area contributed by atoms with Crippen LogP contribution in [0, 0.1) is 9.39 Å². The highest BCUT2D eigenvalue weighted by atomic mass is 127. The molecule has 14 heavy (non-hydrogen) atoms. The highest BCUT2D eigenvalue weighted by Crippen LogP contribution is 2.13. The Bertz CT molecular complexity index is 357. The molecule has 1 aromatic rings. The molecule has 0 saturated carbocycles. The van der Waals surface area contributed by atoms with E-state index in [0.717, 1.165) is 5.06 Å². The van der Waals surface area contributed by atoms with Crippen molar-refractivity contribution in [1.82, 2.24) is 5.06 Å². The summed E-state index contributed by atoms with van der Waals surface area (Å²) in [4.78, 5) is 16.2. The van der Waals surface area contributed by atoms with E-state index in [2.05, 4.69) is 0 Å². The van der Waals surface area contributed by atoms with Crippen molar-refractivity contribution in [2.24, 2.45) is 0 Å². The fraction of sp³-hybridized carbons (Fsp3) is 0.222. The Morgan fingerprint density at radius 1 is 1.57 bits per heavy atom. The van der Waals surface area contributed by atoms with Gasteiger partial charge in [0.05, 0.1) is 7.11 Å². The first kappa shape index (κ1) is 11.4. The van der Waals surface area contributed by atoms with E-state index in [1.807, 2.05) is 22.6 Å². The quantitative estimate of drug-likeness (QED) is 0.618. The summed E-state index contributed by atoms with van der Waals surface area (Å²) in [6.45, 7) is 0. The van der Waals surface area contributed by atoms with Crippen LogP contribution in [0.25, 0.3) is 0 Å². The van der Waals surface area contributed by atoms with Gasteiger partial charge in [0, 0.05) is 16.2 Å². The maximum absolute atomic E-state index is 13.1. The van der Waals surface area contributed by atoms with E-state index in [1.165, 1.54) is 20.2 Å². The lowest BCUT2D eigenvalue weighted by Crippen LogP contribution is -2.25. The molecule has 0 radical (unpaired) electrons. The Morgan fingerprint density at radius 3 is 2.71 bits per heavy atom. The molecule has 0 unspecified atom stereocenters. The van der Waals surface area contributed by atoms with Crippen molar-refractivity contribution >= 4 is 28.5 Å². The minimum atomic E-state index is -0.402. The van der Waals surface area contributed by atoms with E-state index in [4.69, 9.17) is 4.84 Å². The largest absolute Gasteiger partial charge is 0.277 e. The Balaban J connectivity index is 2.97. The number of carbonyl (C=O) groups is 1. The molecule has 0 atom stereocenters. The van der Waals surface area contributed by atoms with Crippen molar-refractivity contribution in [2.75, 3.05) is 14.2 Å². The third-order valence-electron chi connectivity index (χ3n) is 1.73. The maximum Gasteiger partial charge on any atom is 0.277 e. The third-order valence-corrected chi connectivity index (χ3v) is 2.60. The lowest BCUT2D eigenvalue weighted by molar-refractivity contribution is -0.0757. The Labute approximate surface area is 94.9 Å². The standard InChI is InChI=1S/C9H9FINO2/c1-12(14-2)9(13)6-3-4-8(11)7(10)5-6/h3-5H,1-2H3. The number of halogens is 2. The zero-order valence-corrected chi connectivity index (χ0v) is 9.91. The summed E-state index contributed by atoms with van der Waals surface area (Å²) in [6.07, 6.45) is 0. The molecule has 0 fully saturated rings. The second kappa shape index (κ2) is 4.70. The summed E-state index contributed by atoms with van der Waals surface area (Å²) in [6, 6.07) is 4.30. The second-order valence-electron chi connectivity index (χ2n) is 2.61. The van der Waals surface area contributed by atoms with E-state index in [1.54, 1.807) is 12.1 Å². The van der Waals surface area contributed by atoms with Gasteiger partial charge in [-0.1, -0.05) is 0 Å². The third kappa shape index (κ3) is 2.42. The minimum Gasteiger partial charge on any atom is -0.274 e. The summed E-state index contributed by atoms with van der Waals surface area (Å²) in [5.41, 5.74) is 0.271. The molecule has 1 rings (SSSR count).